The summed E-state index contributed by atoms with van der Waals surface area (Å²) in [7, 11) is 0. The average Bonchev–Trinajstić information content (AvgIpc) is 2.78. The van der Waals surface area contributed by atoms with E-state index < -0.39 is 0 Å². The van der Waals surface area contributed by atoms with Crippen LogP contribution in [0, 0.1) is 6.92 Å². The summed E-state index contributed by atoms with van der Waals surface area (Å²) in [6.07, 6.45) is 1.57. The molecule has 2 aromatic rings. The van der Waals surface area contributed by atoms with Gasteiger partial charge in [0.15, 0.2) is 0 Å². The highest BCUT2D eigenvalue weighted by molar-refractivity contribution is 9.10. The number of hydrogen-bond acceptors (Lipinski definition) is 3. The van der Waals surface area contributed by atoms with Crippen molar-refractivity contribution in [2.75, 3.05) is 5.88 Å². The zero-order chi connectivity index (χ0) is 12.3. The molecule has 0 N–H and O–H groups in total. The Kier molecular flexibility index (Phi) is 4.18. The summed E-state index contributed by atoms with van der Waals surface area (Å²) in [4.78, 5) is 0. The van der Waals surface area contributed by atoms with Gasteiger partial charge in [0, 0.05) is 22.3 Å². The van der Waals surface area contributed by atoms with Gasteiger partial charge in [-0.2, -0.15) is 0 Å². The second-order valence-electron chi connectivity index (χ2n) is 3.75. The summed E-state index contributed by atoms with van der Waals surface area (Å²) in [6.45, 7) is 2.02. The van der Waals surface area contributed by atoms with Gasteiger partial charge in [0.2, 0.25) is 11.8 Å². The molecular formula is C12H12BrClN2O. The smallest absolute Gasteiger partial charge is 0.248 e. The molecule has 1 aromatic carbocycles. The van der Waals surface area contributed by atoms with Gasteiger partial charge in [0.05, 0.1) is 0 Å². The first-order valence-electron chi connectivity index (χ1n) is 5.35. The molecule has 5 heteroatoms. The van der Waals surface area contributed by atoms with Crippen LogP contribution in [0.5, 0.6) is 0 Å². The van der Waals surface area contributed by atoms with Gasteiger partial charge < -0.3 is 4.42 Å². The molecule has 0 atom stereocenters. The first kappa shape index (κ1) is 12.6. The highest BCUT2D eigenvalue weighted by Gasteiger charge is 2.11. The van der Waals surface area contributed by atoms with Crippen molar-refractivity contribution in [2.45, 2.75) is 19.8 Å². The average molecular weight is 316 g/mol. The molecule has 0 aliphatic rings. The highest BCUT2D eigenvalue weighted by atomic mass is 79.9. The summed E-state index contributed by atoms with van der Waals surface area (Å²) >= 11 is 9.06. The third-order valence-electron chi connectivity index (χ3n) is 2.42. The van der Waals surface area contributed by atoms with E-state index in [1.165, 1.54) is 0 Å². The van der Waals surface area contributed by atoms with E-state index in [1.54, 1.807) is 0 Å². The van der Waals surface area contributed by atoms with Crippen molar-refractivity contribution in [3.8, 4) is 11.5 Å². The lowest BCUT2D eigenvalue weighted by molar-refractivity contribution is 0.502. The topological polar surface area (TPSA) is 38.9 Å². The van der Waals surface area contributed by atoms with E-state index in [9.17, 15) is 0 Å². The standard InChI is InChI=1S/C12H12BrClN2O/c1-8-4-5-9(13)7-10(8)12-16-15-11(17-12)3-2-6-14/h4-5,7H,2-3,6H2,1H3. The SMILES string of the molecule is Cc1ccc(Br)cc1-c1nnc(CCCCl)o1. The summed E-state index contributed by atoms with van der Waals surface area (Å²) in [5.74, 6) is 1.81. The fourth-order valence-corrected chi connectivity index (χ4v) is 2.00. The number of aromatic nitrogens is 2. The number of halogens is 2. The monoisotopic (exact) mass is 314 g/mol. The van der Waals surface area contributed by atoms with E-state index in [0.29, 0.717) is 17.7 Å². The van der Waals surface area contributed by atoms with Crippen LogP contribution in [0.15, 0.2) is 27.1 Å². The third-order valence-corrected chi connectivity index (χ3v) is 3.18. The van der Waals surface area contributed by atoms with Gasteiger partial charge in [-0.3, -0.25) is 0 Å². The minimum absolute atomic E-state index is 0.563. The number of hydrogen-bond donors (Lipinski definition) is 0. The predicted octanol–water partition coefficient (Wildman–Crippen LogP) is 3.98. The normalized spacial score (nSPS) is 10.8. The molecule has 0 saturated carbocycles. The zero-order valence-electron chi connectivity index (χ0n) is 9.41. The largest absolute Gasteiger partial charge is 0.421 e. The fraction of sp³-hybridized carbons (Fsp3) is 0.333. The second-order valence-corrected chi connectivity index (χ2v) is 5.05. The molecule has 1 heterocycles. The molecule has 0 fully saturated rings. The fourth-order valence-electron chi connectivity index (χ4n) is 1.51. The number of alkyl halides is 1. The van der Waals surface area contributed by atoms with E-state index in [2.05, 4.69) is 26.1 Å². The minimum Gasteiger partial charge on any atom is -0.421 e. The summed E-state index contributed by atoms with van der Waals surface area (Å²) in [6, 6.07) is 5.99. The van der Waals surface area contributed by atoms with Crippen LogP contribution in [0.1, 0.15) is 17.9 Å². The van der Waals surface area contributed by atoms with Gasteiger partial charge in [0.1, 0.15) is 0 Å². The van der Waals surface area contributed by atoms with Gasteiger partial charge in [-0.15, -0.1) is 21.8 Å². The van der Waals surface area contributed by atoms with Crippen LogP contribution in [0.4, 0.5) is 0 Å². The predicted molar refractivity (Wildman–Crippen MR) is 71.2 cm³/mol. The van der Waals surface area contributed by atoms with E-state index in [4.69, 9.17) is 16.0 Å². The molecule has 3 nitrogen and oxygen atoms in total. The second kappa shape index (κ2) is 5.65. The molecule has 0 bridgehead atoms. The molecule has 0 aliphatic heterocycles. The molecule has 2 rings (SSSR count). The van der Waals surface area contributed by atoms with Crippen molar-refractivity contribution in [3.05, 3.63) is 34.1 Å². The molecule has 0 radical (unpaired) electrons. The zero-order valence-corrected chi connectivity index (χ0v) is 11.8. The maximum atomic E-state index is 5.63. The van der Waals surface area contributed by atoms with Crippen LogP contribution in [-0.4, -0.2) is 16.1 Å². The molecular weight excluding hydrogens is 304 g/mol. The summed E-state index contributed by atoms with van der Waals surface area (Å²) in [5, 5.41) is 8.07. The van der Waals surface area contributed by atoms with E-state index in [0.717, 1.165) is 28.4 Å². The molecule has 1 aromatic heterocycles. The number of aryl methyl sites for hydroxylation is 2. The molecule has 0 amide bonds. The van der Waals surface area contributed by atoms with Gasteiger partial charge in [-0.1, -0.05) is 22.0 Å². The maximum absolute atomic E-state index is 5.63. The molecule has 17 heavy (non-hydrogen) atoms. The van der Waals surface area contributed by atoms with Crippen LogP contribution in [0.3, 0.4) is 0 Å². The van der Waals surface area contributed by atoms with Gasteiger partial charge in [-0.25, -0.2) is 0 Å². The van der Waals surface area contributed by atoms with Crippen molar-refractivity contribution in [1.29, 1.82) is 0 Å². The molecule has 0 spiro atoms. The number of benzene rings is 1. The number of nitrogens with zero attached hydrogens (tertiary/aromatic N) is 2. The van der Waals surface area contributed by atoms with Gasteiger partial charge >= 0.3 is 0 Å². The van der Waals surface area contributed by atoms with Crippen LogP contribution in [-0.2, 0) is 6.42 Å². The van der Waals surface area contributed by atoms with E-state index in [-0.39, 0.29) is 0 Å². The molecule has 0 aliphatic carbocycles. The lowest BCUT2D eigenvalue weighted by atomic mass is 10.1. The summed E-state index contributed by atoms with van der Waals surface area (Å²) in [5.41, 5.74) is 2.07. The Hall–Kier alpha value is -0.870. The van der Waals surface area contributed by atoms with Crippen LogP contribution in [0.25, 0.3) is 11.5 Å². The summed E-state index contributed by atoms with van der Waals surface area (Å²) < 4.78 is 6.60. The highest BCUT2D eigenvalue weighted by Crippen LogP contribution is 2.25. The van der Waals surface area contributed by atoms with Crippen molar-refractivity contribution < 1.29 is 4.42 Å². The van der Waals surface area contributed by atoms with Crippen molar-refractivity contribution >= 4 is 27.5 Å². The van der Waals surface area contributed by atoms with E-state index in [1.807, 2.05) is 25.1 Å². The van der Waals surface area contributed by atoms with Crippen molar-refractivity contribution in [1.82, 2.24) is 10.2 Å². The van der Waals surface area contributed by atoms with Crippen LogP contribution < -0.4 is 0 Å². The molecule has 0 unspecified atom stereocenters. The quantitative estimate of drug-likeness (QED) is 0.801. The molecule has 90 valence electrons. The first-order chi connectivity index (χ1) is 8.20. The lowest BCUT2D eigenvalue weighted by Gasteiger charge is -2.00. The van der Waals surface area contributed by atoms with Gasteiger partial charge in [0.25, 0.3) is 0 Å². The Morgan fingerprint density at radius 1 is 1.35 bits per heavy atom. The third kappa shape index (κ3) is 3.07. The molecule has 0 saturated heterocycles. The number of rotatable bonds is 4. The maximum Gasteiger partial charge on any atom is 0.248 e. The Morgan fingerprint density at radius 3 is 2.94 bits per heavy atom. The van der Waals surface area contributed by atoms with Crippen LogP contribution in [0.2, 0.25) is 0 Å². The Bertz CT molecular complexity index is 513. The Balaban J connectivity index is 2.27. The minimum atomic E-state index is 0.563. The van der Waals surface area contributed by atoms with Crippen LogP contribution >= 0.6 is 27.5 Å². The van der Waals surface area contributed by atoms with E-state index >= 15 is 0 Å². The lowest BCUT2D eigenvalue weighted by Crippen LogP contribution is -1.85. The van der Waals surface area contributed by atoms with Crippen molar-refractivity contribution in [3.63, 3.8) is 0 Å². The Morgan fingerprint density at radius 2 is 2.18 bits per heavy atom. The van der Waals surface area contributed by atoms with Crippen molar-refractivity contribution in [2.24, 2.45) is 0 Å². The Labute approximate surface area is 113 Å². The first-order valence-corrected chi connectivity index (χ1v) is 6.68. The van der Waals surface area contributed by atoms with Gasteiger partial charge in [-0.05, 0) is 31.0 Å².